The Morgan fingerprint density at radius 3 is 3.06 bits per heavy atom. The lowest BCUT2D eigenvalue weighted by Crippen LogP contribution is -2.44. The van der Waals surface area contributed by atoms with Gasteiger partial charge in [-0.05, 0) is 18.9 Å². The number of rotatable bonds is 3. The number of anilines is 2. The van der Waals surface area contributed by atoms with Crippen molar-refractivity contribution in [3.63, 3.8) is 0 Å². The molecule has 1 amide bonds. The Morgan fingerprint density at radius 1 is 1.61 bits per heavy atom. The normalized spacial score (nSPS) is 19.1. The molecule has 0 bridgehead atoms. The molecule has 5 N–H and O–H groups in total. The van der Waals surface area contributed by atoms with E-state index in [0.29, 0.717) is 13.0 Å². The van der Waals surface area contributed by atoms with Crippen LogP contribution in [0.3, 0.4) is 0 Å². The number of hydrogen-bond acceptors (Lipinski definition) is 5. The molecule has 1 saturated heterocycles. The van der Waals surface area contributed by atoms with Crippen LogP contribution in [0, 0.1) is 0 Å². The SMILES string of the molecule is Nc1cnc(NC2CCCNC2=O)c(C(=O)O)c1. The third-order valence-corrected chi connectivity index (χ3v) is 2.74. The Labute approximate surface area is 103 Å². The minimum atomic E-state index is -1.13. The predicted octanol–water partition coefficient (Wildman–Crippen LogP) is 0.0525. The van der Waals surface area contributed by atoms with Gasteiger partial charge >= 0.3 is 5.97 Å². The van der Waals surface area contributed by atoms with Gasteiger partial charge in [0.1, 0.15) is 17.4 Å². The number of carbonyl (C=O) groups is 2. The Morgan fingerprint density at radius 2 is 2.39 bits per heavy atom. The number of aromatic carboxylic acids is 1. The summed E-state index contributed by atoms with van der Waals surface area (Å²) in [7, 11) is 0. The van der Waals surface area contributed by atoms with E-state index in [2.05, 4.69) is 15.6 Å². The molecule has 0 spiro atoms. The molecule has 0 aliphatic carbocycles. The van der Waals surface area contributed by atoms with Crippen molar-refractivity contribution < 1.29 is 14.7 Å². The number of nitrogen functional groups attached to an aromatic ring is 1. The molecule has 1 aromatic rings. The van der Waals surface area contributed by atoms with Crippen LogP contribution in [-0.2, 0) is 4.79 Å². The highest BCUT2D eigenvalue weighted by molar-refractivity contribution is 5.95. The van der Waals surface area contributed by atoms with Crippen molar-refractivity contribution in [1.82, 2.24) is 10.3 Å². The molecule has 96 valence electrons. The molecule has 2 rings (SSSR count). The summed E-state index contributed by atoms with van der Waals surface area (Å²) in [5.74, 6) is -1.11. The van der Waals surface area contributed by atoms with E-state index >= 15 is 0 Å². The van der Waals surface area contributed by atoms with Gasteiger partial charge in [0.25, 0.3) is 0 Å². The zero-order valence-corrected chi connectivity index (χ0v) is 9.64. The number of piperidine rings is 1. The van der Waals surface area contributed by atoms with Crippen molar-refractivity contribution in [2.24, 2.45) is 0 Å². The van der Waals surface area contributed by atoms with Gasteiger partial charge in [-0.1, -0.05) is 0 Å². The van der Waals surface area contributed by atoms with Crippen LogP contribution in [0.2, 0.25) is 0 Å². The number of aromatic nitrogens is 1. The van der Waals surface area contributed by atoms with Crippen LogP contribution in [0.1, 0.15) is 23.2 Å². The Balaban J connectivity index is 2.22. The maximum Gasteiger partial charge on any atom is 0.339 e. The third kappa shape index (κ3) is 2.50. The maximum absolute atomic E-state index is 11.6. The average Bonchev–Trinajstić information content (AvgIpc) is 2.34. The van der Waals surface area contributed by atoms with Crippen molar-refractivity contribution in [2.75, 3.05) is 17.6 Å². The van der Waals surface area contributed by atoms with Crippen LogP contribution in [0.5, 0.6) is 0 Å². The molecule has 7 heteroatoms. The maximum atomic E-state index is 11.6. The van der Waals surface area contributed by atoms with E-state index in [1.54, 1.807) is 0 Å². The third-order valence-electron chi connectivity index (χ3n) is 2.74. The molecule has 1 aliphatic rings. The highest BCUT2D eigenvalue weighted by atomic mass is 16.4. The standard InChI is InChI=1S/C11H14N4O3/c12-6-4-7(11(17)18)9(14-5-6)15-8-2-1-3-13-10(8)16/h4-5,8H,1-3,12H2,(H,13,16)(H,14,15)(H,17,18). The van der Waals surface area contributed by atoms with Gasteiger partial charge in [-0.25, -0.2) is 9.78 Å². The number of carboxylic acids is 1. The van der Waals surface area contributed by atoms with E-state index in [1.807, 2.05) is 0 Å². The van der Waals surface area contributed by atoms with Gasteiger partial charge in [-0.15, -0.1) is 0 Å². The number of carbonyl (C=O) groups excluding carboxylic acids is 1. The summed E-state index contributed by atoms with van der Waals surface area (Å²) in [6.07, 6.45) is 2.85. The van der Waals surface area contributed by atoms with E-state index in [4.69, 9.17) is 10.8 Å². The second kappa shape index (κ2) is 4.91. The van der Waals surface area contributed by atoms with E-state index in [1.165, 1.54) is 12.3 Å². The van der Waals surface area contributed by atoms with Crippen LogP contribution in [0.4, 0.5) is 11.5 Å². The summed E-state index contributed by atoms with van der Waals surface area (Å²) in [6.45, 7) is 0.651. The lowest BCUT2D eigenvalue weighted by Gasteiger charge is -2.23. The van der Waals surface area contributed by atoms with E-state index < -0.39 is 12.0 Å². The van der Waals surface area contributed by atoms with Crippen LogP contribution in [-0.4, -0.2) is 34.6 Å². The molecular weight excluding hydrogens is 236 g/mol. The first-order chi connectivity index (χ1) is 8.58. The summed E-state index contributed by atoms with van der Waals surface area (Å²) >= 11 is 0. The Kier molecular flexibility index (Phi) is 3.31. The number of nitrogens with zero attached hydrogens (tertiary/aromatic N) is 1. The first-order valence-electron chi connectivity index (χ1n) is 5.61. The molecule has 1 aromatic heterocycles. The van der Waals surface area contributed by atoms with Crippen LogP contribution in [0.15, 0.2) is 12.3 Å². The highest BCUT2D eigenvalue weighted by Gasteiger charge is 2.24. The highest BCUT2D eigenvalue weighted by Crippen LogP contribution is 2.18. The van der Waals surface area contributed by atoms with Crippen molar-refractivity contribution in [2.45, 2.75) is 18.9 Å². The first kappa shape index (κ1) is 12.2. The molecule has 0 saturated carbocycles. The van der Waals surface area contributed by atoms with Crippen LogP contribution >= 0.6 is 0 Å². The minimum absolute atomic E-state index is 0.0339. The molecule has 1 unspecified atom stereocenters. The molecule has 18 heavy (non-hydrogen) atoms. The largest absolute Gasteiger partial charge is 0.478 e. The Hall–Kier alpha value is -2.31. The topological polar surface area (TPSA) is 117 Å². The quantitative estimate of drug-likeness (QED) is 0.602. The minimum Gasteiger partial charge on any atom is -0.478 e. The van der Waals surface area contributed by atoms with Gasteiger partial charge in [0.05, 0.1) is 11.9 Å². The molecule has 7 nitrogen and oxygen atoms in total. The summed E-state index contributed by atoms with van der Waals surface area (Å²) in [5, 5.41) is 14.6. The molecule has 0 radical (unpaired) electrons. The van der Waals surface area contributed by atoms with Crippen molar-refractivity contribution in [1.29, 1.82) is 0 Å². The van der Waals surface area contributed by atoms with Gasteiger partial charge in [0.2, 0.25) is 5.91 Å². The second-order valence-electron chi connectivity index (χ2n) is 4.10. The fraction of sp³-hybridized carbons (Fsp3) is 0.364. The number of pyridine rings is 1. The number of hydrogen-bond donors (Lipinski definition) is 4. The zero-order valence-electron chi connectivity index (χ0n) is 9.64. The fourth-order valence-electron chi connectivity index (χ4n) is 1.83. The van der Waals surface area contributed by atoms with E-state index in [9.17, 15) is 9.59 Å². The molecular formula is C11H14N4O3. The molecule has 1 atom stereocenters. The molecule has 1 fully saturated rings. The smallest absolute Gasteiger partial charge is 0.339 e. The summed E-state index contributed by atoms with van der Waals surface area (Å²) in [5.41, 5.74) is 5.73. The lowest BCUT2D eigenvalue weighted by atomic mass is 10.1. The van der Waals surface area contributed by atoms with Crippen LogP contribution < -0.4 is 16.4 Å². The fourth-order valence-corrected chi connectivity index (χ4v) is 1.83. The van der Waals surface area contributed by atoms with E-state index in [-0.39, 0.29) is 23.0 Å². The van der Waals surface area contributed by atoms with E-state index in [0.717, 1.165) is 6.42 Å². The van der Waals surface area contributed by atoms with Crippen molar-refractivity contribution >= 4 is 23.4 Å². The predicted molar refractivity (Wildman–Crippen MR) is 65.3 cm³/mol. The van der Waals surface area contributed by atoms with Gasteiger partial charge in [-0.2, -0.15) is 0 Å². The van der Waals surface area contributed by atoms with Gasteiger partial charge in [-0.3, -0.25) is 4.79 Å². The summed E-state index contributed by atoms with van der Waals surface area (Å²) < 4.78 is 0. The van der Waals surface area contributed by atoms with Gasteiger partial charge < -0.3 is 21.5 Å². The summed E-state index contributed by atoms with van der Waals surface area (Å²) in [4.78, 5) is 26.6. The van der Waals surface area contributed by atoms with Crippen LogP contribution in [0.25, 0.3) is 0 Å². The second-order valence-corrected chi connectivity index (χ2v) is 4.10. The number of nitrogens with one attached hydrogen (secondary N) is 2. The zero-order chi connectivity index (χ0) is 13.1. The average molecular weight is 250 g/mol. The van der Waals surface area contributed by atoms with Gasteiger partial charge in [0.15, 0.2) is 0 Å². The number of amides is 1. The Bertz CT molecular complexity index is 489. The number of carboxylic acid groups (broad SMARTS) is 1. The van der Waals surface area contributed by atoms with Crippen molar-refractivity contribution in [3.05, 3.63) is 17.8 Å². The van der Waals surface area contributed by atoms with Crippen molar-refractivity contribution in [3.8, 4) is 0 Å². The lowest BCUT2D eigenvalue weighted by molar-refractivity contribution is -0.123. The first-order valence-corrected chi connectivity index (χ1v) is 5.61. The number of nitrogens with two attached hydrogens (primary N) is 1. The molecule has 0 aromatic carbocycles. The molecule has 1 aliphatic heterocycles. The van der Waals surface area contributed by atoms with Gasteiger partial charge in [0, 0.05) is 6.54 Å². The monoisotopic (exact) mass is 250 g/mol. The molecule has 2 heterocycles. The summed E-state index contributed by atoms with van der Waals surface area (Å²) in [6, 6.07) is 0.867.